The molecule has 15 heavy (non-hydrogen) atoms. The summed E-state index contributed by atoms with van der Waals surface area (Å²) < 4.78 is 26.7. The van der Waals surface area contributed by atoms with Crippen LogP contribution in [0.1, 0.15) is 6.42 Å². The number of sulfonamides is 1. The number of nitrogens with one attached hydrogen (secondary N) is 1. The highest BCUT2D eigenvalue weighted by Crippen LogP contribution is 2.20. The first kappa shape index (κ1) is 13.2. The van der Waals surface area contributed by atoms with E-state index in [9.17, 15) is 8.42 Å². The molecule has 0 radical (unpaired) electrons. The lowest BCUT2D eigenvalue weighted by Crippen LogP contribution is -2.25. The molecule has 1 rings (SSSR count). The predicted octanol–water partition coefficient (Wildman–Crippen LogP) is 2.51. The SMILES string of the molecule is O=S(=O)(NCCCBr)c1ccccc1Br. The third-order valence-corrected chi connectivity index (χ3v) is 4.76. The van der Waals surface area contributed by atoms with Gasteiger partial charge >= 0.3 is 0 Å². The van der Waals surface area contributed by atoms with Gasteiger partial charge in [-0.3, -0.25) is 0 Å². The molecule has 6 heteroatoms. The largest absolute Gasteiger partial charge is 0.241 e. The van der Waals surface area contributed by atoms with Crippen molar-refractivity contribution < 1.29 is 8.42 Å². The van der Waals surface area contributed by atoms with Crippen molar-refractivity contribution in [2.45, 2.75) is 11.3 Å². The lowest BCUT2D eigenvalue weighted by atomic mass is 10.4. The van der Waals surface area contributed by atoms with Crippen LogP contribution in [0.25, 0.3) is 0 Å². The summed E-state index contributed by atoms with van der Waals surface area (Å²) in [4.78, 5) is 0.277. The molecule has 0 fully saturated rings. The lowest BCUT2D eigenvalue weighted by Gasteiger charge is -2.07. The third kappa shape index (κ3) is 3.86. The zero-order valence-corrected chi connectivity index (χ0v) is 11.9. The molecule has 0 unspecified atom stereocenters. The van der Waals surface area contributed by atoms with Crippen molar-refractivity contribution in [3.63, 3.8) is 0 Å². The Balaban J connectivity index is 2.83. The molecule has 0 amide bonds. The maximum Gasteiger partial charge on any atom is 0.241 e. The quantitative estimate of drug-likeness (QED) is 0.650. The molecule has 1 N–H and O–H groups in total. The second-order valence-electron chi connectivity index (χ2n) is 2.87. The fourth-order valence-electron chi connectivity index (χ4n) is 1.01. The number of alkyl halides is 1. The van der Waals surface area contributed by atoms with Crippen molar-refractivity contribution >= 4 is 41.9 Å². The Bertz CT molecular complexity index is 420. The monoisotopic (exact) mass is 355 g/mol. The normalized spacial score (nSPS) is 11.6. The van der Waals surface area contributed by atoms with Crippen molar-refractivity contribution in [3.05, 3.63) is 28.7 Å². The standard InChI is InChI=1S/C9H11Br2NO2S/c10-6-3-7-12-15(13,14)9-5-2-1-4-8(9)11/h1-2,4-5,12H,3,6-7H2. The number of rotatable bonds is 5. The molecule has 0 saturated heterocycles. The molecule has 0 spiro atoms. The van der Waals surface area contributed by atoms with Crippen molar-refractivity contribution in [1.29, 1.82) is 0 Å². The Kier molecular flexibility index (Phi) is 5.25. The van der Waals surface area contributed by atoms with Crippen molar-refractivity contribution in [1.82, 2.24) is 4.72 Å². The zero-order chi connectivity index (χ0) is 11.3. The number of benzene rings is 1. The molecular weight excluding hydrogens is 346 g/mol. The van der Waals surface area contributed by atoms with Crippen LogP contribution in [0, 0.1) is 0 Å². The minimum Gasteiger partial charge on any atom is -0.211 e. The first-order valence-corrected chi connectivity index (χ1v) is 7.78. The van der Waals surface area contributed by atoms with Gasteiger partial charge in [0.25, 0.3) is 0 Å². The van der Waals surface area contributed by atoms with E-state index in [-0.39, 0.29) is 4.90 Å². The summed E-state index contributed by atoms with van der Waals surface area (Å²) in [5.41, 5.74) is 0. The lowest BCUT2D eigenvalue weighted by molar-refractivity contribution is 0.580. The Hall–Kier alpha value is 0.0900. The van der Waals surface area contributed by atoms with Crippen LogP contribution in [-0.2, 0) is 10.0 Å². The highest BCUT2D eigenvalue weighted by Gasteiger charge is 2.15. The van der Waals surface area contributed by atoms with Crippen molar-refractivity contribution in [2.75, 3.05) is 11.9 Å². The minimum absolute atomic E-state index is 0.277. The molecule has 0 saturated carbocycles. The molecule has 0 atom stereocenters. The molecule has 0 aliphatic heterocycles. The van der Waals surface area contributed by atoms with Crippen LogP contribution >= 0.6 is 31.9 Å². The van der Waals surface area contributed by atoms with Gasteiger partial charge in [-0.15, -0.1) is 0 Å². The van der Waals surface area contributed by atoms with Gasteiger partial charge < -0.3 is 0 Å². The molecule has 3 nitrogen and oxygen atoms in total. The second kappa shape index (κ2) is 5.98. The number of hydrogen-bond donors (Lipinski definition) is 1. The van der Waals surface area contributed by atoms with Gasteiger partial charge in [0.05, 0.1) is 4.90 Å². The van der Waals surface area contributed by atoms with Gasteiger partial charge in [0, 0.05) is 16.3 Å². The van der Waals surface area contributed by atoms with E-state index in [2.05, 4.69) is 36.6 Å². The van der Waals surface area contributed by atoms with Crippen LogP contribution in [-0.4, -0.2) is 20.3 Å². The maximum absolute atomic E-state index is 11.8. The summed E-state index contributed by atoms with van der Waals surface area (Å²) in [6.45, 7) is 0.439. The molecule has 84 valence electrons. The van der Waals surface area contributed by atoms with Crippen LogP contribution in [0.15, 0.2) is 33.6 Å². The van der Waals surface area contributed by atoms with Gasteiger partial charge in [-0.2, -0.15) is 0 Å². The molecule has 0 aliphatic carbocycles. The molecule has 0 heterocycles. The first-order chi connectivity index (χ1) is 7.08. The highest BCUT2D eigenvalue weighted by atomic mass is 79.9. The number of hydrogen-bond acceptors (Lipinski definition) is 2. The van der Waals surface area contributed by atoms with Gasteiger partial charge in [0.1, 0.15) is 0 Å². The van der Waals surface area contributed by atoms with Crippen LogP contribution in [0.3, 0.4) is 0 Å². The van der Waals surface area contributed by atoms with Crippen LogP contribution < -0.4 is 4.72 Å². The van der Waals surface area contributed by atoms with Gasteiger partial charge in [-0.1, -0.05) is 28.1 Å². The van der Waals surface area contributed by atoms with Crippen LogP contribution in [0.5, 0.6) is 0 Å². The molecular formula is C9H11Br2NO2S. The Morgan fingerprint density at radius 3 is 2.53 bits per heavy atom. The molecule has 0 aliphatic rings. The van der Waals surface area contributed by atoms with Gasteiger partial charge in [-0.05, 0) is 34.5 Å². The fourth-order valence-corrected chi connectivity index (χ4v) is 3.37. The third-order valence-electron chi connectivity index (χ3n) is 1.73. The highest BCUT2D eigenvalue weighted by molar-refractivity contribution is 9.10. The Morgan fingerprint density at radius 1 is 1.27 bits per heavy atom. The summed E-state index contributed by atoms with van der Waals surface area (Å²) in [6, 6.07) is 6.75. The average molecular weight is 357 g/mol. The second-order valence-corrected chi connectivity index (χ2v) is 6.25. The number of halogens is 2. The topological polar surface area (TPSA) is 46.2 Å². The smallest absolute Gasteiger partial charge is 0.211 e. The molecule has 1 aromatic carbocycles. The molecule has 1 aromatic rings. The summed E-state index contributed by atoms with van der Waals surface area (Å²) in [5, 5.41) is 0.783. The van der Waals surface area contributed by atoms with E-state index in [4.69, 9.17) is 0 Å². The minimum atomic E-state index is -3.38. The summed E-state index contributed by atoms with van der Waals surface area (Å²) in [7, 11) is -3.38. The van der Waals surface area contributed by atoms with Crippen molar-refractivity contribution in [3.8, 4) is 0 Å². The van der Waals surface area contributed by atoms with Gasteiger partial charge in [-0.25, -0.2) is 13.1 Å². The van der Waals surface area contributed by atoms with Crippen LogP contribution in [0.2, 0.25) is 0 Å². The summed E-state index contributed by atoms with van der Waals surface area (Å²) in [6.07, 6.45) is 0.768. The van der Waals surface area contributed by atoms with E-state index in [1.165, 1.54) is 0 Å². The zero-order valence-electron chi connectivity index (χ0n) is 7.91. The van der Waals surface area contributed by atoms with E-state index < -0.39 is 10.0 Å². The molecule has 0 bridgehead atoms. The maximum atomic E-state index is 11.8. The average Bonchev–Trinajstić information content (AvgIpc) is 2.18. The van der Waals surface area contributed by atoms with Gasteiger partial charge in [0.2, 0.25) is 10.0 Å². The van der Waals surface area contributed by atoms with Crippen molar-refractivity contribution in [2.24, 2.45) is 0 Å². The van der Waals surface area contributed by atoms with Crippen LogP contribution in [0.4, 0.5) is 0 Å². The summed E-state index contributed by atoms with van der Waals surface area (Å²) in [5.74, 6) is 0. The first-order valence-electron chi connectivity index (χ1n) is 4.38. The van der Waals surface area contributed by atoms with E-state index in [0.717, 1.165) is 11.8 Å². The van der Waals surface area contributed by atoms with E-state index in [1.54, 1.807) is 24.3 Å². The Morgan fingerprint density at radius 2 is 1.93 bits per heavy atom. The van der Waals surface area contributed by atoms with E-state index in [1.807, 2.05) is 0 Å². The fraction of sp³-hybridized carbons (Fsp3) is 0.333. The summed E-state index contributed by atoms with van der Waals surface area (Å²) >= 11 is 6.46. The van der Waals surface area contributed by atoms with E-state index >= 15 is 0 Å². The Labute approximate surface area is 107 Å². The van der Waals surface area contributed by atoms with E-state index in [0.29, 0.717) is 11.0 Å². The molecule has 0 aromatic heterocycles. The van der Waals surface area contributed by atoms with Gasteiger partial charge in [0.15, 0.2) is 0 Å². The predicted molar refractivity (Wildman–Crippen MR) is 67.7 cm³/mol.